The Morgan fingerprint density at radius 1 is 1.19 bits per heavy atom. The molecule has 1 aliphatic heterocycles. The molecular weight excluding hydrogens is 312 g/mol. The molecule has 1 aliphatic rings. The number of halogens is 1. The van der Waals surface area contributed by atoms with Crippen LogP contribution in [0.4, 0.5) is 0 Å². The number of likely N-dealkylation sites (tertiary alicyclic amines) is 1. The van der Waals surface area contributed by atoms with E-state index in [-0.39, 0.29) is 21.4 Å². The molecule has 5 nitrogen and oxygen atoms in total. The maximum atomic E-state index is 12.5. The summed E-state index contributed by atoms with van der Waals surface area (Å²) < 4.78 is 25.4. The van der Waals surface area contributed by atoms with Gasteiger partial charge in [-0.2, -0.15) is 0 Å². The number of benzene rings is 1. The zero-order valence-electron chi connectivity index (χ0n) is 12.2. The fourth-order valence-electron chi connectivity index (χ4n) is 2.31. The Labute approximate surface area is 130 Å². The van der Waals surface area contributed by atoms with Crippen LogP contribution in [0.3, 0.4) is 0 Å². The quantitative estimate of drug-likeness (QED) is 0.853. The van der Waals surface area contributed by atoms with Gasteiger partial charge in [0.2, 0.25) is 10.0 Å². The van der Waals surface area contributed by atoms with Crippen molar-refractivity contribution in [2.24, 2.45) is 0 Å². The van der Waals surface area contributed by atoms with E-state index in [1.165, 1.54) is 32.3 Å². The van der Waals surface area contributed by atoms with E-state index in [1.54, 1.807) is 4.90 Å². The van der Waals surface area contributed by atoms with Gasteiger partial charge in [-0.25, -0.2) is 12.7 Å². The number of carbonyl (C=O) groups excluding carboxylic acids is 1. The molecule has 0 N–H and O–H groups in total. The Morgan fingerprint density at radius 2 is 1.81 bits per heavy atom. The number of sulfonamides is 1. The van der Waals surface area contributed by atoms with Crippen molar-refractivity contribution in [3.8, 4) is 0 Å². The molecule has 21 heavy (non-hydrogen) atoms. The van der Waals surface area contributed by atoms with Gasteiger partial charge in [0.1, 0.15) is 0 Å². The van der Waals surface area contributed by atoms with Gasteiger partial charge in [0.05, 0.1) is 15.5 Å². The van der Waals surface area contributed by atoms with Gasteiger partial charge in [0.15, 0.2) is 0 Å². The van der Waals surface area contributed by atoms with Crippen LogP contribution in [-0.4, -0.2) is 50.7 Å². The third-order valence-electron chi connectivity index (χ3n) is 3.59. The molecule has 0 atom stereocenters. The lowest BCUT2D eigenvalue weighted by Gasteiger charge is -2.27. The summed E-state index contributed by atoms with van der Waals surface area (Å²) in [7, 11) is -0.668. The summed E-state index contributed by atoms with van der Waals surface area (Å²) in [5.41, 5.74) is 0.251. The summed E-state index contributed by atoms with van der Waals surface area (Å²) in [5, 5.41) is 0.281. The molecule has 0 spiro atoms. The molecule has 0 unspecified atom stereocenters. The van der Waals surface area contributed by atoms with Crippen molar-refractivity contribution < 1.29 is 13.2 Å². The Hall–Kier alpha value is -1.11. The first kappa shape index (κ1) is 16.3. The second-order valence-electron chi connectivity index (χ2n) is 5.28. The maximum absolute atomic E-state index is 12.5. The summed E-state index contributed by atoms with van der Waals surface area (Å²) in [6.07, 6.45) is 3.06. The molecule has 1 amide bonds. The van der Waals surface area contributed by atoms with Crippen molar-refractivity contribution in [1.29, 1.82) is 0 Å². The van der Waals surface area contributed by atoms with E-state index in [1.807, 2.05) is 0 Å². The molecule has 0 aromatic heterocycles. The largest absolute Gasteiger partial charge is 0.339 e. The number of rotatable bonds is 3. The molecule has 2 rings (SSSR count). The minimum Gasteiger partial charge on any atom is -0.339 e. The molecule has 1 heterocycles. The van der Waals surface area contributed by atoms with Gasteiger partial charge in [-0.3, -0.25) is 4.79 Å². The molecule has 0 bridgehead atoms. The van der Waals surface area contributed by atoms with E-state index in [2.05, 4.69) is 0 Å². The summed E-state index contributed by atoms with van der Waals surface area (Å²) in [6, 6.07) is 4.26. The van der Waals surface area contributed by atoms with Crippen LogP contribution in [0.5, 0.6) is 0 Å². The lowest BCUT2D eigenvalue weighted by molar-refractivity contribution is 0.0724. The van der Waals surface area contributed by atoms with Gasteiger partial charge in [-0.15, -0.1) is 0 Å². The van der Waals surface area contributed by atoms with E-state index in [4.69, 9.17) is 11.6 Å². The molecule has 0 radical (unpaired) electrons. The standard InChI is InChI=1S/C14H19ClN2O3S/c1-16(2)21(19,20)11-6-7-13(15)12(10-11)14(18)17-8-4-3-5-9-17/h6-7,10H,3-5,8-9H2,1-2H3. The van der Waals surface area contributed by atoms with Crippen LogP contribution in [0.25, 0.3) is 0 Å². The summed E-state index contributed by atoms with van der Waals surface area (Å²) in [6.45, 7) is 1.39. The van der Waals surface area contributed by atoms with Gasteiger partial charge < -0.3 is 4.90 Å². The lowest BCUT2D eigenvalue weighted by atomic mass is 10.1. The van der Waals surface area contributed by atoms with E-state index in [9.17, 15) is 13.2 Å². The van der Waals surface area contributed by atoms with Crippen LogP contribution >= 0.6 is 11.6 Å². The Bertz CT molecular complexity index is 638. The van der Waals surface area contributed by atoms with Crippen LogP contribution in [0.2, 0.25) is 5.02 Å². The fraction of sp³-hybridized carbons (Fsp3) is 0.500. The van der Waals surface area contributed by atoms with Crippen LogP contribution in [-0.2, 0) is 10.0 Å². The predicted molar refractivity (Wildman–Crippen MR) is 82.1 cm³/mol. The van der Waals surface area contributed by atoms with Crippen LogP contribution in [0.1, 0.15) is 29.6 Å². The van der Waals surface area contributed by atoms with Crippen molar-refractivity contribution in [1.82, 2.24) is 9.21 Å². The van der Waals surface area contributed by atoms with Crippen LogP contribution in [0.15, 0.2) is 23.1 Å². The van der Waals surface area contributed by atoms with Crippen molar-refractivity contribution in [2.75, 3.05) is 27.2 Å². The summed E-state index contributed by atoms with van der Waals surface area (Å²) in [4.78, 5) is 14.3. The molecule has 116 valence electrons. The SMILES string of the molecule is CN(C)S(=O)(=O)c1ccc(Cl)c(C(=O)N2CCCCC2)c1. The first-order valence-electron chi connectivity index (χ1n) is 6.85. The second kappa shape index (κ2) is 6.34. The fourth-order valence-corrected chi connectivity index (χ4v) is 3.43. The minimum absolute atomic E-state index is 0.0808. The number of hydrogen-bond acceptors (Lipinski definition) is 3. The number of nitrogens with zero attached hydrogens (tertiary/aromatic N) is 2. The zero-order valence-corrected chi connectivity index (χ0v) is 13.7. The van der Waals surface area contributed by atoms with Gasteiger partial charge in [0, 0.05) is 27.2 Å². The lowest BCUT2D eigenvalue weighted by Crippen LogP contribution is -2.36. The first-order chi connectivity index (χ1) is 9.84. The van der Waals surface area contributed by atoms with Gasteiger partial charge in [-0.05, 0) is 37.5 Å². The topological polar surface area (TPSA) is 57.7 Å². The van der Waals surface area contributed by atoms with Crippen LogP contribution in [0, 0.1) is 0 Å². The van der Waals surface area contributed by atoms with Crippen molar-refractivity contribution >= 4 is 27.5 Å². The third-order valence-corrected chi connectivity index (χ3v) is 5.73. The second-order valence-corrected chi connectivity index (χ2v) is 7.84. The molecule has 7 heteroatoms. The smallest absolute Gasteiger partial charge is 0.255 e. The monoisotopic (exact) mass is 330 g/mol. The minimum atomic E-state index is -3.58. The Balaban J connectivity index is 2.37. The molecule has 1 aromatic rings. The number of amides is 1. The van der Waals surface area contributed by atoms with Crippen molar-refractivity contribution in [2.45, 2.75) is 24.2 Å². The molecule has 1 saturated heterocycles. The molecule has 0 saturated carbocycles. The summed E-state index contributed by atoms with van der Waals surface area (Å²) >= 11 is 6.08. The molecule has 1 aromatic carbocycles. The number of carbonyl (C=O) groups is 1. The average Bonchev–Trinajstić information content (AvgIpc) is 2.47. The Kier molecular flexibility index (Phi) is 4.91. The van der Waals surface area contributed by atoms with Crippen LogP contribution < -0.4 is 0 Å². The normalized spacial score (nSPS) is 16.3. The summed E-state index contributed by atoms with van der Waals surface area (Å²) in [5.74, 6) is -0.199. The van der Waals surface area contributed by atoms with Crippen molar-refractivity contribution in [3.05, 3.63) is 28.8 Å². The Morgan fingerprint density at radius 3 is 2.38 bits per heavy atom. The average molecular weight is 331 g/mol. The number of piperidine rings is 1. The van der Waals surface area contributed by atoms with E-state index < -0.39 is 10.0 Å². The third kappa shape index (κ3) is 3.39. The number of hydrogen-bond donors (Lipinski definition) is 0. The molecule has 1 fully saturated rings. The molecular formula is C14H19ClN2O3S. The molecule has 0 aliphatic carbocycles. The van der Waals surface area contributed by atoms with E-state index in [0.717, 1.165) is 23.6 Å². The highest BCUT2D eigenvalue weighted by Crippen LogP contribution is 2.24. The van der Waals surface area contributed by atoms with Gasteiger partial charge in [-0.1, -0.05) is 11.6 Å². The maximum Gasteiger partial charge on any atom is 0.255 e. The highest BCUT2D eigenvalue weighted by atomic mass is 35.5. The highest BCUT2D eigenvalue weighted by molar-refractivity contribution is 7.89. The van der Waals surface area contributed by atoms with E-state index >= 15 is 0 Å². The van der Waals surface area contributed by atoms with Gasteiger partial charge in [0.25, 0.3) is 5.91 Å². The zero-order chi connectivity index (χ0) is 15.6. The predicted octanol–water partition coefficient (Wildman–Crippen LogP) is 2.22. The van der Waals surface area contributed by atoms with Gasteiger partial charge >= 0.3 is 0 Å². The first-order valence-corrected chi connectivity index (χ1v) is 8.67. The highest BCUT2D eigenvalue weighted by Gasteiger charge is 2.24. The van der Waals surface area contributed by atoms with Crippen molar-refractivity contribution in [3.63, 3.8) is 0 Å². The van der Waals surface area contributed by atoms with E-state index in [0.29, 0.717) is 13.1 Å².